The second-order valence-corrected chi connectivity index (χ2v) is 6.55. The molecule has 1 N–H and O–H groups in total. The molecular weight excluding hydrogens is 381 g/mol. The summed E-state index contributed by atoms with van der Waals surface area (Å²) < 4.78 is 39.0. The van der Waals surface area contributed by atoms with Crippen molar-refractivity contribution in [1.82, 2.24) is 19.9 Å². The van der Waals surface area contributed by atoms with Crippen LogP contribution in [-0.4, -0.2) is 20.4 Å². The molecule has 10 heteroatoms. The Morgan fingerprint density at radius 1 is 1.33 bits per heavy atom. The first-order chi connectivity index (χ1) is 12.8. The zero-order valence-corrected chi connectivity index (χ0v) is 14.8. The van der Waals surface area contributed by atoms with Crippen LogP contribution in [0.5, 0.6) is 0 Å². The number of pyridine rings is 2. The van der Waals surface area contributed by atoms with Crippen LogP contribution >= 0.6 is 11.3 Å². The molecule has 0 aliphatic carbocycles. The lowest BCUT2D eigenvalue weighted by Gasteiger charge is -2.07. The van der Waals surface area contributed by atoms with Gasteiger partial charge in [-0.15, -0.1) is 0 Å². The van der Waals surface area contributed by atoms with Gasteiger partial charge in [0.1, 0.15) is 4.88 Å². The van der Waals surface area contributed by atoms with Crippen molar-refractivity contribution in [2.24, 2.45) is 0 Å². The molecule has 0 bridgehead atoms. The smallest absolute Gasteiger partial charge is 0.347 e. The SMILES string of the molecule is Cc1nc(-n2ccc(C(F)(F)F)cc2=O)sc1C(=O)NCc1cccnc1. The van der Waals surface area contributed by atoms with E-state index >= 15 is 0 Å². The van der Waals surface area contributed by atoms with E-state index in [1.807, 2.05) is 0 Å². The van der Waals surface area contributed by atoms with Gasteiger partial charge in [-0.1, -0.05) is 17.4 Å². The van der Waals surface area contributed by atoms with Gasteiger partial charge in [0.25, 0.3) is 11.5 Å². The molecule has 0 aliphatic heterocycles. The maximum absolute atomic E-state index is 12.7. The number of hydrogen-bond donors (Lipinski definition) is 1. The summed E-state index contributed by atoms with van der Waals surface area (Å²) in [5.74, 6) is -0.389. The van der Waals surface area contributed by atoms with Crippen LogP contribution in [0.3, 0.4) is 0 Å². The van der Waals surface area contributed by atoms with Crippen LogP contribution in [0.2, 0.25) is 0 Å². The molecule has 3 heterocycles. The van der Waals surface area contributed by atoms with Crippen molar-refractivity contribution in [2.75, 3.05) is 0 Å². The van der Waals surface area contributed by atoms with Crippen molar-refractivity contribution in [3.63, 3.8) is 0 Å². The summed E-state index contributed by atoms with van der Waals surface area (Å²) in [5.41, 5.74) is -0.718. The number of hydrogen-bond acceptors (Lipinski definition) is 5. The molecule has 0 aliphatic rings. The van der Waals surface area contributed by atoms with Gasteiger partial charge in [-0.2, -0.15) is 13.2 Å². The Bertz CT molecular complexity index is 1030. The lowest BCUT2D eigenvalue weighted by atomic mass is 10.2. The van der Waals surface area contributed by atoms with Gasteiger partial charge in [-0.05, 0) is 24.6 Å². The Labute approximate surface area is 155 Å². The van der Waals surface area contributed by atoms with Crippen LogP contribution in [0.15, 0.2) is 47.7 Å². The molecule has 6 nitrogen and oxygen atoms in total. The van der Waals surface area contributed by atoms with Gasteiger partial charge in [-0.3, -0.25) is 19.1 Å². The summed E-state index contributed by atoms with van der Waals surface area (Å²) in [6.07, 6.45) is -0.366. The van der Waals surface area contributed by atoms with Crippen LogP contribution in [0, 0.1) is 6.92 Å². The van der Waals surface area contributed by atoms with Gasteiger partial charge in [-0.25, -0.2) is 4.98 Å². The van der Waals surface area contributed by atoms with E-state index in [9.17, 15) is 22.8 Å². The molecule has 0 unspecified atom stereocenters. The molecular formula is C17H13F3N4O2S. The molecule has 0 aromatic carbocycles. The third kappa shape index (κ3) is 4.22. The topological polar surface area (TPSA) is 76.9 Å². The molecule has 140 valence electrons. The van der Waals surface area contributed by atoms with Crippen molar-refractivity contribution in [1.29, 1.82) is 0 Å². The number of carbonyl (C=O) groups excluding carboxylic acids is 1. The highest BCUT2D eigenvalue weighted by molar-refractivity contribution is 7.16. The summed E-state index contributed by atoms with van der Waals surface area (Å²) in [5, 5.41) is 2.84. The predicted octanol–water partition coefficient (Wildman–Crippen LogP) is 2.95. The molecule has 3 aromatic heterocycles. The first-order valence-corrected chi connectivity index (χ1v) is 8.52. The Hall–Kier alpha value is -3.01. The molecule has 27 heavy (non-hydrogen) atoms. The summed E-state index contributed by atoms with van der Waals surface area (Å²) in [6.45, 7) is 1.85. The Morgan fingerprint density at radius 3 is 2.74 bits per heavy atom. The van der Waals surface area contributed by atoms with Crippen molar-refractivity contribution in [3.8, 4) is 5.13 Å². The third-order valence-electron chi connectivity index (χ3n) is 3.62. The molecule has 0 fully saturated rings. The number of alkyl halides is 3. The van der Waals surface area contributed by atoms with Gasteiger partial charge < -0.3 is 5.32 Å². The first-order valence-electron chi connectivity index (χ1n) is 7.70. The van der Waals surface area contributed by atoms with Crippen molar-refractivity contribution in [2.45, 2.75) is 19.6 Å². The fourth-order valence-electron chi connectivity index (χ4n) is 2.27. The van der Waals surface area contributed by atoms with Gasteiger partial charge in [0, 0.05) is 31.2 Å². The van der Waals surface area contributed by atoms with Crippen molar-refractivity contribution >= 4 is 17.2 Å². The second kappa shape index (κ2) is 7.31. The maximum Gasteiger partial charge on any atom is 0.416 e. The predicted molar refractivity (Wildman–Crippen MR) is 92.9 cm³/mol. The monoisotopic (exact) mass is 394 g/mol. The average molecular weight is 394 g/mol. The summed E-state index contributed by atoms with van der Waals surface area (Å²) in [7, 11) is 0. The van der Waals surface area contributed by atoms with Gasteiger partial charge in [0.05, 0.1) is 11.3 Å². The van der Waals surface area contributed by atoms with Crippen LogP contribution < -0.4 is 10.9 Å². The summed E-state index contributed by atoms with van der Waals surface area (Å²) in [4.78, 5) is 32.7. The minimum atomic E-state index is -4.60. The Morgan fingerprint density at radius 2 is 2.11 bits per heavy atom. The number of aromatic nitrogens is 3. The summed E-state index contributed by atoms with van der Waals surface area (Å²) >= 11 is 0.926. The Balaban J connectivity index is 1.82. The van der Waals surface area contributed by atoms with Crippen LogP contribution in [-0.2, 0) is 12.7 Å². The van der Waals surface area contributed by atoms with Crippen molar-refractivity contribution < 1.29 is 18.0 Å². The van der Waals surface area contributed by atoms with E-state index < -0.39 is 17.3 Å². The second-order valence-electron chi connectivity index (χ2n) is 5.58. The molecule has 3 aromatic rings. The summed E-state index contributed by atoms with van der Waals surface area (Å²) in [6, 6.07) is 4.84. The molecule has 0 saturated heterocycles. The zero-order chi connectivity index (χ0) is 19.6. The standard InChI is InChI=1S/C17H13F3N4O2S/c1-10-14(15(26)22-9-11-3-2-5-21-8-11)27-16(23-10)24-6-4-12(7-13(24)25)17(18,19)20/h2-8H,9H2,1H3,(H,22,26). The van der Waals surface area contributed by atoms with E-state index in [2.05, 4.69) is 15.3 Å². The number of halogens is 3. The van der Waals surface area contributed by atoms with Gasteiger partial charge >= 0.3 is 6.18 Å². The maximum atomic E-state index is 12.7. The highest BCUT2D eigenvalue weighted by atomic mass is 32.1. The largest absolute Gasteiger partial charge is 0.416 e. The van der Waals surface area contributed by atoms with E-state index in [1.54, 1.807) is 31.5 Å². The Kier molecular flexibility index (Phi) is 5.08. The third-order valence-corrected chi connectivity index (χ3v) is 4.78. The molecule has 0 atom stereocenters. The van der Waals surface area contributed by atoms with Crippen LogP contribution in [0.1, 0.15) is 26.5 Å². The number of carbonyl (C=O) groups is 1. The number of nitrogens with zero attached hydrogens (tertiary/aromatic N) is 3. The molecule has 3 rings (SSSR count). The fraction of sp³-hybridized carbons (Fsp3) is 0.176. The number of nitrogens with one attached hydrogen (secondary N) is 1. The number of thiazole rings is 1. The lowest BCUT2D eigenvalue weighted by molar-refractivity contribution is -0.137. The fourth-order valence-corrected chi connectivity index (χ4v) is 3.25. The van der Waals surface area contributed by atoms with E-state index in [0.717, 1.165) is 33.7 Å². The molecule has 0 radical (unpaired) electrons. The normalized spacial score (nSPS) is 11.4. The minimum Gasteiger partial charge on any atom is -0.347 e. The van der Waals surface area contributed by atoms with E-state index in [-0.39, 0.29) is 22.5 Å². The zero-order valence-electron chi connectivity index (χ0n) is 13.9. The van der Waals surface area contributed by atoms with E-state index in [1.165, 1.54) is 0 Å². The first kappa shape index (κ1) is 18.8. The number of aryl methyl sites for hydroxylation is 1. The van der Waals surface area contributed by atoms with E-state index in [4.69, 9.17) is 0 Å². The number of amides is 1. The molecule has 0 spiro atoms. The van der Waals surface area contributed by atoms with Crippen LogP contribution in [0.25, 0.3) is 5.13 Å². The van der Waals surface area contributed by atoms with Gasteiger partial charge in [0.2, 0.25) is 0 Å². The van der Waals surface area contributed by atoms with E-state index in [0.29, 0.717) is 11.8 Å². The van der Waals surface area contributed by atoms with Crippen molar-refractivity contribution in [3.05, 3.63) is 74.9 Å². The number of rotatable bonds is 4. The highest BCUT2D eigenvalue weighted by Crippen LogP contribution is 2.28. The average Bonchev–Trinajstić information content (AvgIpc) is 3.01. The molecule has 0 saturated carbocycles. The molecule has 1 amide bonds. The quantitative estimate of drug-likeness (QED) is 0.738. The van der Waals surface area contributed by atoms with Gasteiger partial charge in [0.15, 0.2) is 5.13 Å². The highest BCUT2D eigenvalue weighted by Gasteiger charge is 2.31. The minimum absolute atomic E-state index is 0.123. The lowest BCUT2D eigenvalue weighted by Crippen LogP contribution is -2.22. The van der Waals surface area contributed by atoms with Crippen LogP contribution in [0.4, 0.5) is 13.2 Å².